The maximum atomic E-state index is 4.37. The van der Waals surface area contributed by atoms with Crippen LogP contribution < -0.4 is 5.32 Å². The lowest BCUT2D eigenvalue weighted by molar-refractivity contribution is 0.142. The van der Waals surface area contributed by atoms with Crippen LogP contribution in [0.25, 0.3) is 0 Å². The van der Waals surface area contributed by atoms with Gasteiger partial charge >= 0.3 is 0 Å². The van der Waals surface area contributed by atoms with Gasteiger partial charge in [-0.15, -0.1) is 0 Å². The minimum absolute atomic E-state index is 0.777. The van der Waals surface area contributed by atoms with Crippen molar-refractivity contribution >= 4 is 0 Å². The Balaban J connectivity index is 1.59. The van der Waals surface area contributed by atoms with Gasteiger partial charge in [0.1, 0.15) is 0 Å². The molecule has 1 N–H and O–H groups in total. The number of nitrogens with zero attached hydrogens (tertiary/aromatic N) is 3. The van der Waals surface area contributed by atoms with Gasteiger partial charge in [0.2, 0.25) is 0 Å². The fraction of sp³-hybridized carbons (Fsp3) is 0.800. The Morgan fingerprint density at radius 1 is 1.37 bits per heavy atom. The lowest BCUT2D eigenvalue weighted by atomic mass is 9.90. The third-order valence-electron chi connectivity index (χ3n) is 4.70. The van der Waals surface area contributed by atoms with E-state index in [9.17, 15) is 0 Å². The van der Waals surface area contributed by atoms with Gasteiger partial charge in [0.15, 0.2) is 0 Å². The van der Waals surface area contributed by atoms with Crippen LogP contribution in [-0.2, 0) is 13.1 Å². The first kappa shape index (κ1) is 13.1. The molecule has 2 aliphatic rings. The van der Waals surface area contributed by atoms with Gasteiger partial charge in [-0.05, 0) is 57.7 Å². The lowest BCUT2D eigenvalue weighted by Crippen LogP contribution is -2.43. The molecular weight excluding hydrogens is 236 g/mol. The average Bonchev–Trinajstić information content (AvgIpc) is 3.10. The topological polar surface area (TPSA) is 33.1 Å². The minimum atomic E-state index is 0.777. The van der Waals surface area contributed by atoms with E-state index < -0.39 is 0 Å². The Morgan fingerprint density at radius 3 is 3.11 bits per heavy atom. The summed E-state index contributed by atoms with van der Waals surface area (Å²) in [7, 11) is 0. The van der Waals surface area contributed by atoms with Crippen molar-refractivity contribution in [2.24, 2.45) is 5.92 Å². The summed E-state index contributed by atoms with van der Waals surface area (Å²) >= 11 is 0. The predicted octanol–water partition coefficient (Wildman–Crippen LogP) is 1.87. The molecule has 2 fully saturated rings. The monoisotopic (exact) mass is 262 g/mol. The molecule has 3 rings (SSSR count). The lowest BCUT2D eigenvalue weighted by Gasteiger charge is -2.35. The molecule has 0 radical (unpaired) electrons. The highest BCUT2D eigenvalue weighted by atomic mass is 15.3. The van der Waals surface area contributed by atoms with Gasteiger partial charge in [-0.25, -0.2) is 0 Å². The van der Waals surface area contributed by atoms with Crippen molar-refractivity contribution in [3.63, 3.8) is 0 Å². The molecule has 2 atom stereocenters. The van der Waals surface area contributed by atoms with E-state index in [4.69, 9.17) is 0 Å². The van der Waals surface area contributed by atoms with Crippen LogP contribution >= 0.6 is 0 Å². The zero-order chi connectivity index (χ0) is 13.1. The predicted molar refractivity (Wildman–Crippen MR) is 76.9 cm³/mol. The third kappa shape index (κ3) is 3.00. The molecule has 4 heteroatoms. The summed E-state index contributed by atoms with van der Waals surface area (Å²) in [6.45, 7) is 7.94. The molecule has 0 aromatic carbocycles. The summed E-state index contributed by atoms with van der Waals surface area (Å²) < 4.78 is 2.12. The summed E-state index contributed by atoms with van der Waals surface area (Å²) in [5.74, 6) is 0.856. The number of rotatable bonds is 4. The van der Waals surface area contributed by atoms with Crippen LogP contribution in [0.1, 0.15) is 38.3 Å². The Labute approximate surface area is 116 Å². The molecule has 0 saturated carbocycles. The first-order valence-electron chi connectivity index (χ1n) is 7.83. The van der Waals surface area contributed by atoms with Crippen molar-refractivity contribution in [1.29, 1.82) is 0 Å². The van der Waals surface area contributed by atoms with E-state index in [0.717, 1.165) is 25.0 Å². The van der Waals surface area contributed by atoms with Gasteiger partial charge < -0.3 is 5.32 Å². The Morgan fingerprint density at radius 2 is 2.32 bits per heavy atom. The highest BCUT2D eigenvalue weighted by molar-refractivity contribution is 5.01. The molecule has 0 amide bonds. The summed E-state index contributed by atoms with van der Waals surface area (Å²) in [6.07, 6.45) is 7.43. The molecule has 1 aromatic heterocycles. The smallest absolute Gasteiger partial charge is 0.0524 e. The number of aryl methyl sites for hydroxylation is 1. The van der Waals surface area contributed by atoms with Gasteiger partial charge in [-0.1, -0.05) is 0 Å². The highest BCUT2D eigenvalue weighted by Crippen LogP contribution is 2.25. The summed E-state index contributed by atoms with van der Waals surface area (Å²) in [5, 5.41) is 8.06. The molecule has 19 heavy (non-hydrogen) atoms. The second-order valence-corrected chi connectivity index (χ2v) is 5.98. The SMILES string of the molecule is CCn1nccc1CN1CCCC(C2CCCN2)C1. The van der Waals surface area contributed by atoms with Crippen LogP contribution in [0.4, 0.5) is 0 Å². The molecule has 0 bridgehead atoms. The number of nitrogens with one attached hydrogen (secondary N) is 1. The zero-order valence-electron chi connectivity index (χ0n) is 12.0. The average molecular weight is 262 g/mol. The normalized spacial score (nSPS) is 28.9. The Hall–Kier alpha value is -0.870. The number of hydrogen-bond acceptors (Lipinski definition) is 3. The molecule has 0 spiro atoms. The maximum absolute atomic E-state index is 4.37. The molecule has 2 unspecified atom stereocenters. The standard InChI is InChI=1S/C15H26N4/c1-2-19-14(7-9-17-19)12-18-10-4-5-13(11-18)15-6-3-8-16-15/h7,9,13,15-16H,2-6,8,10-12H2,1H3. The Bertz CT molecular complexity index is 395. The van der Waals surface area contributed by atoms with Crippen molar-refractivity contribution < 1.29 is 0 Å². The van der Waals surface area contributed by atoms with Gasteiger partial charge in [0, 0.05) is 31.9 Å². The molecule has 0 aliphatic carbocycles. The molecule has 1 aromatic rings. The van der Waals surface area contributed by atoms with Crippen LogP contribution in [0.15, 0.2) is 12.3 Å². The number of hydrogen-bond donors (Lipinski definition) is 1. The van der Waals surface area contributed by atoms with Crippen LogP contribution in [0.3, 0.4) is 0 Å². The molecule has 2 saturated heterocycles. The quantitative estimate of drug-likeness (QED) is 0.899. The van der Waals surface area contributed by atoms with E-state index in [0.29, 0.717) is 0 Å². The molecule has 4 nitrogen and oxygen atoms in total. The molecular formula is C15H26N4. The second-order valence-electron chi connectivity index (χ2n) is 5.98. The van der Waals surface area contributed by atoms with Crippen molar-refractivity contribution in [1.82, 2.24) is 20.0 Å². The fourth-order valence-electron chi connectivity index (χ4n) is 3.69. The van der Waals surface area contributed by atoms with Crippen LogP contribution in [0.2, 0.25) is 0 Å². The van der Waals surface area contributed by atoms with Crippen molar-refractivity contribution in [2.45, 2.75) is 51.7 Å². The van der Waals surface area contributed by atoms with Crippen molar-refractivity contribution in [3.05, 3.63) is 18.0 Å². The zero-order valence-corrected chi connectivity index (χ0v) is 12.0. The molecule has 2 aliphatic heterocycles. The van der Waals surface area contributed by atoms with E-state index in [2.05, 4.69) is 33.0 Å². The van der Waals surface area contributed by atoms with Gasteiger partial charge in [-0.2, -0.15) is 5.10 Å². The second kappa shape index (κ2) is 6.06. The van der Waals surface area contributed by atoms with Crippen LogP contribution in [-0.4, -0.2) is 40.4 Å². The van der Waals surface area contributed by atoms with E-state index in [1.54, 1.807) is 0 Å². The van der Waals surface area contributed by atoms with Crippen LogP contribution in [0.5, 0.6) is 0 Å². The summed E-state index contributed by atoms with van der Waals surface area (Å²) in [6, 6.07) is 2.94. The first-order valence-corrected chi connectivity index (χ1v) is 7.83. The van der Waals surface area contributed by atoms with Gasteiger partial charge in [0.05, 0.1) is 5.69 Å². The van der Waals surface area contributed by atoms with E-state index in [1.165, 1.54) is 51.0 Å². The fourth-order valence-corrected chi connectivity index (χ4v) is 3.69. The van der Waals surface area contributed by atoms with E-state index in [-0.39, 0.29) is 0 Å². The first-order chi connectivity index (χ1) is 9.36. The van der Waals surface area contributed by atoms with Gasteiger partial charge in [-0.3, -0.25) is 9.58 Å². The number of likely N-dealkylation sites (tertiary alicyclic amines) is 1. The molecule has 106 valence electrons. The summed E-state index contributed by atoms with van der Waals surface area (Å²) in [4.78, 5) is 2.62. The van der Waals surface area contributed by atoms with Crippen LogP contribution in [0, 0.1) is 5.92 Å². The van der Waals surface area contributed by atoms with Gasteiger partial charge in [0.25, 0.3) is 0 Å². The van der Waals surface area contributed by atoms with E-state index in [1.807, 2.05) is 6.20 Å². The summed E-state index contributed by atoms with van der Waals surface area (Å²) in [5.41, 5.74) is 1.36. The van der Waals surface area contributed by atoms with E-state index >= 15 is 0 Å². The highest BCUT2D eigenvalue weighted by Gasteiger charge is 2.29. The minimum Gasteiger partial charge on any atom is -0.314 e. The number of aromatic nitrogens is 2. The molecule has 3 heterocycles. The van der Waals surface area contributed by atoms with Crippen molar-refractivity contribution in [2.75, 3.05) is 19.6 Å². The number of piperidine rings is 1. The third-order valence-corrected chi connectivity index (χ3v) is 4.70. The Kier molecular flexibility index (Phi) is 4.18. The largest absolute Gasteiger partial charge is 0.314 e. The maximum Gasteiger partial charge on any atom is 0.0524 e. The van der Waals surface area contributed by atoms with Crippen molar-refractivity contribution in [3.8, 4) is 0 Å².